The smallest absolute Gasteiger partial charge is 0.337 e. The van der Waals surface area contributed by atoms with Gasteiger partial charge in [-0.1, -0.05) is 6.07 Å². The fourth-order valence-electron chi connectivity index (χ4n) is 3.07. The number of esters is 2. The lowest BCUT2D eigenvalue weighted by Crippen LogP contribution is -2.40. The summed E-state index contributed by atoms with van der Waals surface area (Å²) in [6.07, 6.45) is -0.144. The van der Waals surface area contributed by atoms with Crippen LogP contribution < -0.4 is 9.47 Å². The van der Waals surface area contributed by atoms with Gasteiger partial charge in [-0.3, -0.25) is 4.79 Å². The predicted octanol–water partition coefficient (Wildman–Crippen LogP) is 1.65. The molecule has 10 heteroatoms. The molecular formula is C21H23NO8S. The summed E-state index contributed by atoms with van der Waals surface area (Å²) in [5.41, 5.74) is 0.791. The summed E-state index contributed by atoms with van der Waals surface area (Å²) in [4.78, 5) is 23.8. The van der Waals surface area contributed by atoms with E-state index in [1.807, 2.05) is 0 Å². The Bertz CT molecular complexity index is 1040. The first-order valence-corrected chi connectivity index (χ1v) is 10.9. The second-order valence-corrected chi connectivity index (χ2v) is 8.57. The molecule has 1 aliphatic rings. The number of nitrogens with zero attached hydrogens (tertiary/aromatic N) is 1. The lowest BCUT2D eigenvalue weighted by Gasteiger charge is -2.26. The van der Waals surface area contributed by atoms with E-state index in [2.05, 4.69) is 4.74 Å². The Morgan fingerprint density at radius 3 is 2.32 bits per heavy atom. The maximum absolute atomic E-state index is 13.0. The zero-order chi connectivity index (χ0) is 22.4. The minimum Gasteiger partial charge on any atom is -0.495 e. The summed E-state index contributed by atoms with van der Waals surface area (Å²) >= 11 is 0. The van der Waals surface area contributed by atoms with Gasteiger partial charge in [0.05, 0.1) is 39.4 Å². The largest absolute Gasteiger partial charge is 0.495 e. The van der Waals surface area contributed by atoms with Crippen LogP contribution in [0.5, 0.6) is 11.5 Å². The van der Waals surface area contributed by atoms with Crippen LogP contribution in [-0.4, -0.2) is 65.2 Å². The van der Waals surface area contributed by atoms with Crippen LogP contribution in [0.4, 0.5) is 0 Å². The van der Waals surface area contributed by atoms with Crippen LogP contribution in [0.25, 0.3) is 0 Å². The highest BCUT2D eigenvalue weighted by atomic mass is 32.2. The highest BCUT2D eigenvalue weighted by Crippen LogP contribution is 2.28. The van der Waals surface area contributed by atoms with Gasteiger partial charge in [-0.2, -0.15) is 4.31 Å². The first kappa shape index (κ1) is 22.7. The number of morpholine rings is 1. The number of hydrogen-bond acceptors (Lipinski definition) is 8. The van der Waals surface area contributed by atoms with Crippen molar-refractivity contribution in [2.24, 2.45) is 0 Å². The molecule has 31 heavy (non-hydrogen) atoms. The van der Waals surface area contributed by atoms with Gasteiger partial charge in [0, 0.05) is 13.1 Å². The monoisotopic (exact) mass is 449 g/mol. The average Bonchev–Trinajstić information content (AvgIpc) is 2.79. The number of benzene rings is 2. The van der Waals surface area contributed by atoms with Gasteiger partial charge in [-0.15, -0.1) is 0 Å². The van der Waals surface area contributed by atoms with Gasteiger partial charge in [0.2, 0.25) is 10.0 Å². The summed E-state index contributed by atoms with van der Waals surface area (Å²) in [6, 6.07) is 10.5. The number of rotatable bonds is 7. The Morgan fingerprint density at radius 2 is 1.71 bits per heavy atom. The van der Waals surface area contributed by atoms with Crippen LogP contribution in [0.2, 0.25) is 0 Å². The first-order chi connectivity index (χ1) is 14.8. The highest BCUT2D eigenvalue weighted by Gasteiger charge is 2.29. The van der Waals surface area contributed by atoms with Crippen LogP contribution in [0.3, 0.4) is 0 Å². The molecule has 0 aliphatic carbocycles. The summed E-state index contributed by atoms with van der Waals surface area (Å²) in [5, 5.41) is 0. The first-order valence-electron chi connectivity index (χ1n) is 9.49. The van der Waals surface area contributed by atoms with E-state index in [-0.39, 0.29) is 35.9 Å². The van der Waals surface area contributed by atoms with E-state index in [4.69, 9.17) is 14.2 Å². The third-order valence-corrected chi connectivity index (χ3v) is 6.59. The zero-order valence-electron chi connectivity index (χ0n) is 17.2. The minimum absolute atomic E-state index is 0.00960. The van der Waals surface area contributed by atoms with E-state index in [1.165, 1.54) is 54.9 Å². The summed E-state index contributed by atoms with van der Waals surface area (Å²) < 4.78 is 47.8. The summed E-state index contributed by atoms with van der Waals surface area (Å²) in [6.45, 7) is 1.14. The van der Waals surface area contributed by atoms with E-state index in [9.17, 15) is 18.0 Å². The van der Waals surface area contributed by atoms with Crippen LogP contribution in [-0.2, 0) is 30.7 Å². The summed E-state index contributed by atoms with van der Waals surface area (Å²) in [7, 11) is -1.14. The number of carbonyl (C=O) groups is 2. The Morgan fingerprint density at radius 1 is 1.03 bits per heavy atom. The molecule has 1 aliphatic heterocycles. The molecule has 0 atom stereocenters. The quantitative estimate of drug-likeness (QED) is 0.464. The van der Waals surface area contributed by atoms with Crippen molar-refractivity contribution in [3.05, 3.63) is 53.6 Å². The van der Waals surface area contributed by atoms with Gasteiger partial charge in [0.25, 0.3) is 0 Å². The molecule has 2 aromatic rings. The van der Waals surface area contributed by atoms with E-state index in [0.717, 1.165) is 0 Å². The molecule has 0 spiro atoms. The Labute approximate surface area is 180 Å². The average molecular weight is 449 g/mol. The molecule has 1 fully saturated rings. The Kier molecular flexibility index (Phi) is 7.26. The van der Waals surface area contributed by atoms with Gasteiger partial charge in [0.15, 0.2) is 0 Å². The fourth-order valence-corrected chi connectivity index (χ4v) is 4.68. The van der Waals surface area contributed by atoms with Crippen molar-refractivity contribution in [1.82, 2.24) is 4.31 Å². The molecule has 0 aromatic heterocycles. The van der Waals surface area contributed by atoms with Crippen molar-refractivity contribution >= 4 is 22.0 Å². The SMILES string of the molecule is COC(=O)c1ccc(OC(=O)Cc2ccc(OC)c(S(=O)(=O)N3CCOCC3)c2)cc1. The van der Waals surface area contributed by atoms with E-state index >= 15 is 0 Å². The second-order valence-electron chi connectivity index (χ2n) is 6.67. The van der Waals surface area contributed by atoms with Crippen molar-refractivity contribution < 1.29 is 37.0 Å². The van der Waals surface area contributed by atoms with Crippen LogP contribution >= 0.6 is 0 Å². The number of hydrogen-bond donors (Lipinski definition) is 0. The van der Waals surface area contributed by atoms with Gasteiger partial charge in [-0.05, 0) is 42.0 Å². The molecule has 0 unspecified atom stereocenters. The lowest BCUT2D eigenvalue weighted by atomic mass is 10.1. The predicted molar refractivity (Wildman–Crippen MR) is 110 cm³/mol. The van der Waals surface area contributed by atoms with Crippen molar-refractivity contribution in [3.63, 3.8) is 0 Å². The van der Waals surface area contributed by atoms with E-state index < -0.39 is 22.0 Å². The number of ether oxygens (including phenoxy) is 4. The minimum atomic E-state index is -3.81. The van der Waals surface area contributed by atoms with Gasteiger partial charge < -0.3 is 18.9 Å². The van der Waals surface area contributed by atoms with Crippen molar-refractivity contribution in [1.29, 1.82) is 0 Å². The van der Waals surface area contributed by atoms with Crippen LogP contribution in [0.1, 0.15) is 15.9 Å². The third-order valence-electron chi connectivity index (χ3n) is 4.67. The Hall–Kier alpha value is -2.95. The molecule has 0 N–H and O–H groups in total. The number of sulfonamides is 1. The molecule has 0 bridgehead atoms. The van der Waals surface area contributed by atoms with Crippen LogP contribution in [0, 0.1) is 0 Å². The molecule has 1 saturated heterocycles. The standard InChI is InChI=1S/C21H23NO8S/c1-27-18-8-3-15(13-19(18)31(25,26)22-9-11-29-12-10-22)14-20(23)30-17-6-4-16(5-7-17)21(24)28-2/h3-8,13H,9-12,14H2,1-2H3. The van der Waals surface area contributed by atoms with Crippen LogP contribution in [0.15, 0.2) is 47.4 Å². The normalized spacial score (nSPS) is 14.6. The van der Waals surface area contributed by atoms with Gasteiger partial charge in [-0.25, -0.2) is 13.2 Å². The molecule has 3 rings (SSSR count). The molecule has 166 valence electrons. The molecule has 9 nitrogen and oxygen atoms in total. The fraction of sp³-hybridized carbons (Fsp3) is 0.333. The van der Waals surface area contributed by atoms with E-state index in [0.29, 0.717) is 24.3 Å². The Balaban J connectivity index is 1.75. The molecule has 0 saturated carbocycles. The maximum atomic E-state index is 13.0. The zero-order valence-corrected chi connectivity index (χ0v) is 18.0. The van der Waals surface area contributed by atoms with Gasteiger partial charge >= 0.3 is 11.9 Å². The molecule has 0 amide bonds. The van der Waals surface area contributed by atoms with Crippen molar-refractivity contribution in [3.8, 4) is 11.5 Å². The number of carbonyl (C=O) groups excluding carboxylic acids is 2. The third kappa shape index (κ3) is 5.40. The molecule has 2 aromatic carbocycles. The lowest BCUT2D eigenvalue weighted by molar-refractivity contribution is -0.133. The molecular weight excluding hydrogens is 426 g/mol. The number of methoxy groups -OCH3 is 2. The molecule has 0 radical (unpaired) electrons. The summed E-state index contributed by atoms with van der Waals surface area (Å²) in [5.74, 6) is -0.620. The topological polar surface area (TPSA) is 108 Å². The molecule has 1 heterocycles. The highest BCUT2D eigenvalue weighted by molar-refractivity contribution is 7.89. The second kappa shape index (κ2) is 9.90. The maximum Gasteiger partial charge on any atom is 0.337 e. The van der Waals surface area contributed by atoms with Crippen molar-refractivity contribution in [2.75, 3.05) is 40.5 Å². The van der Waals surface area contributed by atoms with Gasteiger partial charge in [0.1, 0.15) is 16.4 Å². The van der Waals surface area contributed by atoms with E-state index in [1.54, 1.807) is 6.07 Å². The van der Waals surface area contributed by atoms with Crippen molar-refractivity contribution in [2.45, 2.75) is 11.3 Å².